The molecule has 0 aromatic rings. The smallest absolute Gasteiger partial charge is 0.305 e. The van der Waals surface area contributed by atoms with Crippen molar-refractivity contribution < 1.29 is 26.9 Å². The van der Waals surface area contributed by atoms with Gasteiger partial charge in [-0.25, -0.2) is 0 Å². The molecule has 0 amide bonds. The van der Waals surface area contributed by atoms with Crippen molar-refractivity contribution in [1.82, 2.24) is 0 Å². The van der Waals surface area contributed by atoms with Crippen LogP contribution >= 0.6 is 0 Å². The second-order valence-electron chi connectivity index (χ2n) is 7.59. The van der Waals surface area contributed by atoms with Gasteiger partial charge in [0.2, 0.25) is 0 Å². The summed E-state index contributed by atoms with van der Waals surface area (Å²) in [7, 11) is -3.50. The molecule has 0 spiro atoms. The van der Waals surface area contributed by atoms with Gasteiger partial charge in [-0.1, -0.05) is 20.8 Å². The Hall–Kier alpha value is -0.950. The van der Waals surface area contributed by atoms with Crippen LogP contribution in [0.25, 0.3) is 0 Å². The largest absolute Gasteiger partial charge is 0.465 e. The van der Waals surface area contributed by atoms with Gasteiger partial charge >= 0.3 is 5.97 Å². The molecule has 6 nitrogen and oxygen atoms in total. The first-order valence-electron chi connectivity index (χ1n) is 8.53. The lowest BCUT2D eigenvalue weighted by atomic mass is 9.77. The first-order valence-corrected chi connectivity index (χ1v) is 10.3. The molecule has 2 atom stereocenters. The van der Waals surface area contributed by atoms with Crippen LogP contribution in [-0.2, 0) is 28.6 Å². The molecule has 0 N–H and O–H groups in total. The van der Waals surface area contributed by atoms with Gasteiger partial charge in [-0.15, -0.1) is 0 Å². The van der Waals surface area contributed by atoms with Gasteiger partial charge in [0.05, 0.1) is 19.5 Å². The third-order valence-corrected chi connectivity index (χ3v) is 5.00. The fourth-order valence-corrected chi connectivity index (χ4v) is 3.37. The first kappa shape index (κ1) is 21.1. The summed E-state index contributed by atoms with van der Waals surface area (Å²) in [5.41, 5.74) is -0.566. The van der Waals surface area contributed by atoms with Crippen molar-refractivity contribution in [3.63, 3.8) is 0 Å². The van der Waals surface area contributed by atoms with E-state index in [0.717, 1.165) is 25.5 Å². The molecule has 1 aliphatic rings. The molecular weight excluding hydrogens is 332 g/mol. The van der Waals surface area contributed by atoms with Crippen LogP contribution in [0.5, 0.6) is 0 Å². The van der Waals surface area contributed by atoms with Crippen LogP contribution in [-0.4, -0.2) is 39.6 Å². The second-order valence-corrected chi connectivity index (χ2v) is 9.23. The molecule has 2 unspecified atom stereocenters. The number of carbonyl (C=O) groups is 2. The molecule has 1 fully saturated rings. The standard InChI is InChI=1S/C17H30O6S/c1-13-14(7-5-9-15(13)18)8-6-10-16(19)22-11-17(2,3)12-23-24(4,20)21/h13-14H,5-12H2,1-4H3. The van der Waals surface area contributed by atoms with Crippen LogP contribution in [0.4, 0.5) is 0 Å². The van der Waals surface area contributed by atoms with Crippen molar-refractivity contribution in [2.45, 2.75) is 59.3 Å². The number of esters is 1. The summed E-state index contributed by atoms with van der Waals surface area (Å²) >= 11 is 0. The Morgan fingerprint density at radius 1 is 1.29 bits per heavy atom. The van der Waals surface area contributed by atoms with Crippen molar-refractivity contribution in [2.75, 3.05) is 19.5 Å². The average Bonchev–Trinajstić information content (AvgIpc) is 2.47. The van der Waals surface area contributed by atoms with Crippen molar-refractivity contribution in [3.8, 4) is 0 Å². The highest BCUT2D eigenvalue weighted by Gasteiger charge is 2.28. The van der Waals surface area contributed by atoms with E-state index in [-0.39, 0.29) is 25.1 Å². The van der Waals surface area contributed by atoms with Gasteiger partial charge in [-0.2, -0.15) is 8.42 Å². The predicted octanol–water partition coefficient (Wildman–Crippen LogP) is 2.71. The van der Waals surface area contributed by atoms with E-state index in [9.17, 15) is 18.0 Å². The molecule has 0 aromatic heterocycles. The van der Waals surface area contributed by atoms with E-state index in [2.05, 4.69) is 0 Å². The molecule has 24 heavy (non-hydrogen) atoms. The molecule has 7 heteroatoms. The highest BCUT2D eigenvalue weighted by molar-refractivity contribution is 7.85. The summed E-state index contributed by atoms with van der Waals surface area (Å²) in [4.78, 5) is 23.5. The first-order chi connectivity index (χ1) is 11.0. The number of Topliss-reactive ketones (excluding diaryl/α,β-unsaturated/α-hetero) is 1. The van der Waals surface area contributed by atoms with Gasteiger partial charge in [0.1, 0.15) is 5.78 Å². The third-order valence-electron chi connectivity index (χ3n) is 4.46. The topological polar surface area (TPSA) is 86.7 Å². The van der Waals surface area contributed by atoms with Crippen LogP contribution in [0.1, 0.15) is 59.3 Å². The Bertz CT molecular complexity index is 537. The van der Waals surface area contributed by atoms with Crippen LogP contribution in [0.2, 0.25) is 0 Å². The second kappa shape index (κ2) is 8.94. The van der Waals surface area contributed by atoms with Crippen molar-refractivity contribution in [2.24, 2.45) is 17.3 Å². The van der Waals surface area contributed by atoms with Gasteiger partial charge < -0.3 is 4.74 Å². The Morgan fingerprint density at radius 2 is 1.96 bits per heavy atom. The maximum atomic E-state index is 11.8. The maximum absolute atomic E-state index is 11.8. The lowest BCUT2D eigenvalue weighted by molar-refractivity contribution is -0.147. The van der Waals surface area contributed by atoms with Crippen LogP contribution in [0.15, 0.2) is 0 Å². The summed E-state index contributed by atoms with van der Waals surface area (Å²) in [6.07, 6.45) is 5.57. The SMILES string of the molecule is CC1C(=O)CCCC1CCCC(=O)OCC(C)(C)COS(C)(=O)=O. The molecule has 0 aliphatic heterocycles. The van der Waals surface area contributed by atoms with Crippen LogP contribution in [0, 0.1) is 17.3 Å². The Labute approximate surface area is 145 Å². The molecule has 0 aromatic carbocycles. The Morgan fingerprint density at radius 3 is 2.58 bits per heavy atom. The number of hydrogen-bond acceptors (Lipinski definition) is 6. The summed E-state index contributed by atoms with van der Waals surface area (Å²) in [5.74, 6) is 0.513. The lowest BCUT2D eigenvalue weighted by Crippen LogP contribution is -2.28. The van der Waals surface area contributed by atoms with Crippen molar-refractivity contribution in [1.29, 1.82) is 0 Å². The van der Waals surface area contributed by atoms with E-state index in [1.165, 1.54) is 0 Å². The molecule has 1 saturated carbocycles. The zero-order chi connectivity index (χ0) is 18.4. The normalized spacial score (nSPS) is 22.4. The van der Waals surface area contributed by atoms with Crippen LogP contribution in [0.3, 0.4) is 0 Å². The highest BCUT2D eigenvalue weighted by atomic mass is 32.2. The molecule has 0 radical (unpaired) electrons. The molecule has 0 saturated heterocycles. The number of carbonyl (C=O) groups excluding carboxylic acids is 2. The summed E-state index contributed by atoms with van der Waals surface area (Å²) in [6, 6.07) is 0. The predicted molar refractivity (Wildman–Crippen MR) is 90.9 cm³/mol. The fraction of sp³-hybridized carbons (Fsp3) is 0.882. The molecular formula is C17H30O6S. The third kappa shape index (κ3) is 8.24. The number of ether oxygens (including phenoxy) is 1. The van der Waals surface area contributed by atoms with Gasteiger partial charge in [0.25, 0.3) is 10.1 Å². The van der Waals surface area contributed by atoms with Crippen molar-refractivity contribution in [3.05, 3.63) is 0 Å². The van der Waals surface area contributed by atoms with E-state index in [0.29, 0.717) is 31.0 Å². The van der Waals surface area contributed by atoms with E-state index in [4.69, 9.17) is 8.92 Å². The van der Waals surface area contributed by atoms with E-state index < -0.39 is 15.5 Å². The summed E-state index contributed by atoms with van der Waals surface area (Å²) < 4.78 is 32.0. The maximum Gasteiger partial charge on any atom is 0.305 e. The summed E-state index contributed by atoms with van der Waals surface area (Å²) in [6.45, 7) is 5.62. The molecule has 140 valence electrons. The average molecular weight is 362 g/mol. The quantitative estimate of drug-likeness (QED) is 0.463. The van der Waals surface area contributed by atoms with E-state index in [1.54, 1.807) is 13.8 Å². The molecule has 0 heterocycles. The highest BCUT2D eigenvalue weighted by Crippen LogP contribution is 2.31. The number of rotatable bonds is 9. The lowest BCUT2D eigenvalue weighted by Gasteiger charge is -2.27. The zero-order valence-corrected chi connectivity index (χ0v) is 16.0. The minimum absolute atomic E-state index is 0.0270. The minimum Gasteiger partial charge on any atom is -0.465 e. The van der Waals surface area contributed by atoms with Gasteiger partial charge in [-0.3, -0.25) is 13.8 Å². The van der Waals surface area contributed by atoms with E-state index >= 15 is 0 Å². The Balaban J connectivity index is 2.25. The fourth-order valence-electron chi connectivity index (χ4n) is 2.84. The monoisotopic (exact) mass is 362 g/mol. The number of hydrogen-bond donors (Lipinski definition) is 0. The Kier molecular flexibility index (Phi) is 7.86. The number of ketones is 1. The van der Waals surface area contributed by atoms with Gasteiger partial charge in [0.15, 0.2) is 0 Å². The minimum atomic E-state index is -3.50. The molecule has 1 rings (SSSR count). The zero-order valence-electron chi connectivity index (χ0n) is 15.2. The van der Waals surface area contributed by atoms with Crippen molar-refractivity contribution >= 4 is 21.9 Å². The van der Waals surface area contributed by atoms with Crippen LogP contribution < -0.4 is 0 Å². The van der Waals surface area contributed by atoms with E-state index in [1.807, 2.05) is 6.92 Å². The van der Waals surface area contributed by atoms with Gasteiger partial charge in [0, 0.05) is 24.2 Å². The van der Waals surface area contributed by atoms with Gasteiger partial charge in [-0.05, 0) is 31.6 Å². The molecule has 0 bridgehead atoms. The summed E-state index contributed by atoms with van der Waals surface area (Å²) in [5, 5.41) is 0. The molecule has 1 aliphatic carbocycles.